The van der Waals surface area contributed by atoms with E-state index in [-0.39, 0.29) is 10.7 Å². The van der Waals surface area contributed by atoms with Crippen LogP contribution in [0.4, 0.5) is 13.2 Å². The summed E-state index contributed by atoms with van der Waals surface area (Å²) in [5, 5.41) is 8.92. The molecule has 0 aliphatic carbocycles. The maximum atomic E-state index is 13.2. The Morgan fingerprint density at radius 3 is 2.30 bits per heavy atom. The van der Waals surface area contributed by atoms with Gasteiger partial charge < -0.3 is 9.84 Å². The molecule has 122 valence electrons. The molecule has 1 aromatic heterocycles. The highest BCUT2D eigenvalue weighted by molar-refractivity contribution is 7.98. The Morgan fingerprint density at radius 1 is 1.26 bits per heavy atom. The normalized spacial score (nSPS) is 11.3. The van der Waals surface area contributed by atoms with Gasteiger partial charge in [-0.05, 0) is 36.6 Å². The van der Waals surface area contributed by atoms with Crippen molar-refractivity contribution in [3.63, 3.8) is 0 Å². The lowest BCUT2D eigenvalue weighted by Crippen LogP contribution is -2.15. The number of alkyl halides is 3. The second-order valence-corrected chi connectivity index (χ2v) is 5.27. The minimum atomic E-state index is -4.79. The molecule has 0 radical (unpaired) electrons. The standard InChI is InChI=1S/C15H12F3NO3S/c1-22-9-5-3-8(4-6-9)11-7-10(15(16,17)18)12(14(20)21)13(19-11)23-2/h3-7H,1-2H3,(H,20,21). The van der Waals surface area contributed by atoms with Crippen LogP contribution < -0.4 is 4.74 Å². The van der Waals surface area contributed by atoms with Gasteiger partial charge >= 0.3 is 12.1 Å². The first-order chi connectivity index (χ1) is 10.8. The van der Waals surface area contributed by atoms with Gasteiger partial charge in [-0.2, -0.15) is 13.2 Å². The highest BCUT2D eigenvalue weighted by atomic mass is 32.2. The molecule has 1 N–H and O–H groups in total. The smallest absolute Gasteiger partial charge is 0.417 e. The van der Waals surface area contributed by atoms with Crippen LogP contribution in [0.25, 0.3) is 11.3 Å². The summed E-state index contributed by atoms with van der Waals surface area (Å²) in [5.41, 5.74) is -1.56. The molecule has 1 aromatic carbocycles. The molecule has 0 bridgehead atoms. The van der Waals surface area contributed by atoms with Crippen molar-refractivity contribution in [2.75, 3.05) is 13.4 Å². The topological polar surface area (TPSA) is 59.4 Å². The molecule has 0 amide bonds. The molecule has 2 aromatic rings. The summed E-state index contributed by atoms with van der Waals surface area (Å²) in [5.74, 6) is -1.10. The molecular formula is C15H12F3NO3S. The molecule has 0 spiro atoms. The molecule has 0 unspecified atom stereocenters. The fraction of sp³-hybridized carbons (Fsp3) is 0.200. The number of nitrogens with zero attached hydrogens (tertiary/aromatic N) is 1. The van der Waals surface area contributed by atoms with Crippen LogP contribution in [0.2, 0.25) is 0 Å². The average Bonchev–Trinajstić information content (AvgIpc) is 2.52. The fourth-order valence-electron chi connectivity index (χ4n) is 2.01. The Labute approximate surface area is 134 Å². The van der Waals surface area contributed by atoms with Gasteiger partial charge in [-0.3, -0.25) is 0 Å². The van der Waals surface area contributed by atoms with Crippen LogP contribution in [0.15, 0.2) is 35.4 Å². The third-order valence-corrected chi connectivity index (χ3v) is 3.77. The molecule has 0 saturated carbocycles. The Bertz CT molecular complexity index is 730. The van der Waals surface area contributed by atoms with Crippen molar-refractivity contribution in [2.24, 2.45) is 0 Å². The highest BCUT2D eigenvalue weighted by Gasteiger charge is 2.38. The summed E-state index contributed by atoms with van der Waals surface area (Å²) in [6, 6.07) is 7.06. The number of carbonyl (C=O) groups is 1. The molecule has 2 rings (SSSR count). The Morgan fingerprint density at radius 2 is 1.87 bits per heavy atom. The first-order valence-electron chi connectivity index (χ1n) is 6.32. The third-order valence-electron chi connectivity index (χ3n) is 3.08. The quantitative estimate of drug-likeness (QED) is 0.843. The van der Waals surface area contributed by atoms with Crippen molar-refractivity contribution in [1.29, 1.82) is 0 Å². The van der Waals surface area contributed by atoms with E-state index in [4.69, 9.17) is 9.84 Å². The summed E-state index contributed by atoms with van der Waals surface area (Å²) in [6.07, 6.45) is -3.31. The van der Waals surface area contributed by atoms with Gasteiger partial charge in [-0.25, -0.2) is 9.78 Å². The number of methoxy groups -OCH3 is 1. The lowest BCUT2D eigenvalue weighted by atomic mass is 10.0. The lowest BCUT2D eigenvalue weighted by molar-refractivity contribution is -0.138. The molecule has 0 aliphatic heterocycles. The van der Waals surface area contributed by atoms with E-state index in [2.05, 4.69) is 4.98 Å². The number of carboxylic acids is 1. The molecule has 4 nitrogen and oxygen atoms in total. The van der Waals surface area contributed by atoms with Crippen molar-refractivity contribution in [2.45, 2.75) is 11.2 Å². The molecule has 1 heterocycles. The number of aromatic carboxylic acids is 1. The van der Waals surface area contributed by atoms with Gasteiger partial charge in [0.05, 0.1) is 18.4 Å². The van der Waals surface area contributed by atoms with Crippen LogP contribution in [-0.4, -0.2) is 29.4 Å². The largest absolute Gasteiger partial charge is 0.497 e. The molecule has 0 saturated heterocycles. The van der Waals surface area contributed by atoms with Gasteiger partial charge in [-0.15, -0.1) is 11.8 Å². The van der Waals surface area contributed by atoms with Gasteiger partial charge in [0.1, 0.15) is 16.3 Å². The predicted octanol–water partition coefficient (Wildman–Crippen LogP) is 4.20. The average molecular weight is 343 g/mol. The van der Waals surface area contributed by atoms with Crippen LogP contribution in [-0.2, 0) is 6.18 Å². The Balaban J connectivity index is 2.68. The van der Waals surface area contributed by atoms with Crippen LogP contribution in [0.3, 0.4) is 0 Å². The number of carboxylic acid groups (broad SMARTS) is 1. The molecule has 23 heavy (non-hydrogen) atoms. The first kappa shape index (κ1) is 17.1. The lowest BCUT2D eigenvalue weighted by Gasteiger charge is -2.15. The summed E-state index contributed by atoms with van der Waals surface area (Å²) < 4.78 is 44.7. The maximum Gasteiger partial charge on any atom is 0.417 e. The van der Waals surface area contributed by atoms with Crippen LogP contribution >= 0.6 is 11.8 Å². The summed E-state index contributed by atoms with van der Waals surface area (Å²) in [6.45, 7) is 0. The van der Waals surface area contributed by atoms with Gasteiger partial charge in [0.25, 0.3) is 0 Å². The van der Waals surface area contributed by atoms with Crippen molar-refractivity contribution in [1.82, 2.24) is 4.98 Å². The second-order valence-electron chi connectivity index (χ2n) is 4.47. The van der Waals surface area contributed by atoms with Crippen LogP contribution in [0.1, 0.15) is 15.9 Å². The number of rotatable bonds is 4. The molecule has 0 atom stereocenters. The van der Waals surface area contributed by atoms with Crippen LogP contribution in [0, 0.1) is 0 Å². The molecular weight excluding hydrogens is 331 g/mol. The van der Waals surface area contributed by atoms with Gasteiger partial charge in [0.2, 0.25) is 0 Å². The SMILES string of the molecule is COc1ccc(-c2cc(C(F)(F)F)c(C(=O)O)c(SC)n2)cc1. The number of thioether (sulfide) groups is 1. The van der Waals surface area contributed by atoms with E-state index in [1.165, 1.54) is 13.4 Å². The van der Waals surface area contributed by atoms with Crippen LogP contribution in [0.5, 0.6) is 5.75 Å². The fourth-order valence-corrected chi connectivity index (χ4v) is 2.60. The minimum Gasteiger partial charge on any atom is -0.497 e. The number of hydrogen-bond acceptors (Lipinski definition) is 4. The first-order valence-corrected chi connectivity index (χ1v) is 7.54. The zero-order valence-electron chi connectivity index (χ0n) is 12.1. The van der Waals surface area contributed by atoms with E-state index in [1.807, 2.05) is 0 Å². The number of pyridine rings is 1. The number of ether oxygens (including phenoxy) is 1. The van der Waals surface area contributed by atoms with Gasteiger partial charge in [0.15, 0.2) is 0 Å². The summed E-state index contributed by atoms with van der Waals surface area (Å²) in [7, 11) is 1.47. The predicted molar refractivity (Wildman–Crippen MR) is 80.0 cm³/mol. The van der Waals surface area contributed by atoms with Crippen molar-refractivity contribution >= 4 is 17.7 Å². The summed E-state index contributed by atoms with van der Waals surface area (Å²) in [4.78, 5) is 15.3. The van der Waals surface area contributed by atoms with Crippen molar-refractivity contribution in [3.8, 4) is 17.0 Å². The molecule has 0 aliphatic rings. The minimum absolute atomic E-state index is 0.0503. The van der Waals surface area contributed by atoms with E-state index in [0.717, 1.165) is 17.8 Å². The zero-order chi connectivity index (χ0) is 17.2. The van der Waals surface area contributed by atoms with Gasteiger partial charge in [-0.1, -0.05) is 0 Å². The number of hydrogen-bond donors (Lipinski definition) is 1. The number of benzene rings is 1. The monoisotopic (exact) mass is 343 g/mol. The van der Waals surface area contributed by atoms with E-state index < -0.39 is 23.3 Å². The number of halogens is 3. The van der Waals surface area contributed by atoms with Gasteiger partial charge in [0, 0.05) is 5.56 Å². The third kappa shape index (κ3) is 3.58. The zero-order valence-corrected chi connectivity index (χ0v) is 13.0. The van der Waals surface area contributed by atoms with Crippen molar-refractivity contribution < 1.29 is 27.8 Å². The highest BCUT2D eigenvalue weighted by Crippen LogP contribution is 2.38. The van der Waals surface area contributed by atoms with E-state index in [0.29, 0.717) is 11.3 Å². The van der Waals surface area contributed by atoms with E-state index in [9.17, 15) is 18.0 Å². The second kappa shape index (κ2) is 6.49. The number of aromatic nitrogens is 1. The van der Waals surface area contributed by atoms with Crippen molar-refractivity contribution in [3.05, 3.63) is 41.5 Å². The Hall–Kier alpha value is -2.22. The molecule has 8 heteroatoms. The summed E-state index contributed by atoms with van der Waals surface area (Å²) >= 11 is 0.854. The maximum absolute atomic E-state index is 13.2. The molecule has 0 fully saturated rings. The van der Waals surface area contributed by atoms with E-state index >= 15 is 0 Å². The Kier molecular flexibility index (Phi) is 4.84. The van der Waals surface area contributed by atoms with E-state index in [1.54, 1.807) is 24.3 Å².